The first-order chi connectivity index (χ1) is 67.5. The van der Waals surface area contributed by atoms with Crippen molar-refractivity contribution >= 4 is 185 Å². The second kappa shape index (κ2) is 31.7. The summed E-state index contributed by atoms with van der Waals surface area (Å²) in [7, 11) is 0. The molecule has 10 heteroatoms. The summed E-state index contributed by atoms with van der Waals surface area (Å²) in [5.74, 6) is 2.06. The molecule has 0 fully saturated rings. The molecule has 29 rings (SSSR count). The standard InChI is InChI=1S/C46H28N4.2C40H25N3/c1-2-14-32(15-3-1)49-39-21-11-9-18-35(39)36-25-22-31(28-42(36)49)45-37-19-8-10-20-38(37)47-46(48-45)50-40-26-23-29-12-4-6-16-33(29)43(40)44-34-17-7-5-13-30(34)24-27-41(44)50;1-2-12-28(13-3-1)39-33-16-8-9-17-34(33)41-40(42-39)29-18-22-30(23-19-29)43-35-24-20-26-10-4-6-14-31(26)37(35)38-32-15-7-5-11-27(32)21-25-36(38)43;1-2-10-26(11-3-1)27-18-20-30(21-19-27)39-33-16-8-9-17-34(33)41-40(42-39)43-35-24-22-28-12-4-6-14-31(28)37(35)38-32-15-7-5-13-29(32)23-25-36(38)43/h1-28H;2*1-25H. The quantitative estimate of drug-likeness (QED) is 0.143. The van der Waals surface area contributed by atoms with E-state index >= 15 is 0 Å². The molecule has 0 spiro atoms. The molecule has 0 aliphatic carbocycles. The third kappa shape index (κ3) is 12.6. The van der Waals surface area contributed by atoms with Gasteiger partial charge in [-0.3, -0.25) is 9.13 Å². The first-order valence-electron chi connectivity index (χ1n) is 46.2. The molecular formula is C126H78N10. The fourth-order valence-corrected chi connectivity index (χ4v) is 21.3. The number of rotatable bonds is 9. The smallest absolute Gasteiger partial charge is 0.235 e. The Labute approximate surface area is 780 Å². The fourth-order valence-electron chi connectivity index (χ4n) is 21.3. The Hall–Kier alpha value is -18.4. The Kier molecular flexibility index (Phi) is 18.1. The van der Waals surface area contributed by atoms with E-state index in [0.717, 1.165) is 117 Å². The summed E-state index contributed by atoms with van der Waals surface area (Å²) in [5, 5.41) is 27.9. The van der Waals surface area contributed by atoms with E-state index in [2.05, 4.69) is 461 Å². The van der Waals surface area contributed by atoms with Crippen LogP contribution in [0.4, 0.5) is 0 Å². The number of hydrogen-bond acceptors (Lipinski definition) is 6. The van der Waals surface area contributed by atoms with Crippen molar-refractivity contribution in [3.8, 4) is 79.6 Å². The molecule has 0 atom stereocenters. The molecule has 0 aliphatic heterocycles. The van der Waals surface area contributed by atoms with Crippen molar-refractivity contribution in [1.82, 2.24) is 48.2 Å². The van der Waals surface area contributed by atoms with Gasteiger partial charge >= 0.3 is 0 Å². The van der Waals surface area contributed by atoms with Gasteiger partial charge in [0.15, 0.2) is 5.82 Å². The number of benzene rings is 22. The normalized spacial score (nSPS) is 11.8. The topological polar surface area (TPSA) is 97.1 Å². The molecule has 29 aromatic rings. The van der Waals surface area contributed by atoms with Crippen LogP contribution in [-0.4, -0.2) is 48.2 Å². The van der Waals surface area contributed by atoms with E-state index in [9.17, 15) is 0 Å². The predicted octanol–water partition coefficient (Wildman–Crippen LogP) is 32.5. The number of fused-ring (bicyclic) bond motifs is 27. The van der Waals surface area contributed by atoms with Gasteiger partial charge in [-0.2, -0.15) is 0 Å². The van der Waals surface area contributed by atoms with Crippen LogP contribution in [0.2, 0.25) is 0 Å². The molecule has 0 saturated heterocycles. The van der Waals surface area contributed by atoms with Crippen LogP contribution < -0.4 is 0 Å². The summed E-state index contributed by atoms with van der Waals surface area (Å²) < 4.78 is 9.27. The van der Waals surface area contributed by atoms with Crippen LogP contribution in [0.1, 0.15) is 0 Å². The number of aromatic nitrogens is 10. The first-order valence-corrected chi connectivity index (χ1v) is 46.2. The SMILES string of the molecule is c1ccc(-c2ccc(-c3nc(-n4c5ccc6ccccc6c5c5c6ccccc6ccc54)nc4ccccc34)cc2)cc1.c1ccc(-c2nc(-c3ccc(-n4c5ccc6ccccc6c5c5c6ccccc6ccc54)cc3)nc3ccccc23)cc1.c1ccc(-n2c3ccccc3c3ccc(-c4nc(-n5c6ccc7ccccc7c6c6c7ccccc7ccc65)nc5ccccc45)cc32)cc1. The van der Waals surface area contributed by atoms with Crippen molar-refractivity contribution in [1.29, 1.82) is 0 Å². The summed E-state index contributed by atoms with van der Waals surface area (Å²) in [4.78, 5) is 31.3. The minimum atomic E-state index is 0.660. The van der Waals surface area contributed by atoms with Gasteiger partial charge in [0.1, 0.15) is 0 Å². The van der Waals surface area contributed by atoms with E-state index in [-0.39, 0.29) is 0 Å². The van der Waals surface area contributed by atoms with E-state index in [1.807, 2.05) is 30.3 Å². The Morgan fingerprint density at radius 1 is 0.140 bits per heavy atom. The molecule has 10 nitrogen and oxygen atoms in total. The summed E-state index contributed by atoms with van der Waals surface area (Å²) in [5.41, 5.74) is 23.5. The van der Waals surface area contributed by atoms with E-state index in [1.165, 1.54) is 135 Å². The van der Waals surface area contributed by atoms with Crippen LogP contribution in [-0.2, 0) is 0 Å². The predicted molar refractivity (Wildman–Crippen MR) is 568 cm³/mol. The molecule has 0 N–H and O–H groups in total. The average molecular weight is 1730 g/mol. The fraction of sp³-hybridized carbons (Fsp3) is 0. The van der Waals surface area contributed by atoms with Crippen LogP contribution in [0.25, 0.3) is 264 Å². The van der Waals surface area contributed by atoms with E-state index in [1.54, 1.807) is 0 Å². The molecule has 136 heavy (non-hydrogen) atoms. The lowest BCUT2D eigenvalue weighted by Crippen LogP contribution is -2.03. The molecule has 7 aromatic heterocycles. The van der Waals surface area contributed by atoms with Crippen molar-refractivity contribution in [2.45, 2.75) is 0 Å². The minimum absolute atomic E-state index is 0.660. The highest BCUT2D eigenvalue weighted by atomic mass is 15.2. The van der Waals surface area contributed by atoms with Gasteiger partial charge in [-0.15, -0.1) is 0 Å². The maximum atomic E-state index is 5.48. The van der Waals surface area contributed by atoms with Crippen molar-refractivity contribution < 1.29 is 0 Å². The van der Waals surface area contributed by atoms with Crippen LogP contribution in [0, 0.1) is 0 Å². The van der Waals surface area contributed by atoms with Gasteiger partial charge in [0, 0.05) is 92.9 Å². The molecule has 0 aliphatic rings. The largest absolute Gasteiger partial charge is 0.309 e. The molecule has 0 saturated carbocycles. The maximum absolute atomic E-state index is 5.48. The Bertz CT molecular complexity index is 9650. The Morgan fingerprint density at radius 3 is 0.831 bits per heavy atom. The lowest BCUT2D eigenvalue weighted by molar-refractivity contribution is 1.01. The molecule has 7 heterocycles. The average Bonchev–Trinajstić information content (AvgIpc) is 1.57. The Morgan fingerprint density at radius 2 is 0.412 bits per heavy atom. The van der Waals surface area contributed by atoms with Crippen LogP contribution in [0.3, 0.4) is 0 Å². The zero-order valence-corrected chi connectivity index (χ0v) is 73.5. The highest BCUT2D eigenvalue weighted by Gasteiger charge is 2.26. The monoisotopic (exact) mass is 1730 g/mol. The lowest BCUT2D eigenvalue weighted by Gasteiger charge is -2.13. The zero-order valence-electron chi connectivity index (χ0n) is 73.5. The highest BCUT2D eigenvalue weighted by Crippen LogP contribution is 2.47. The van der Waals surface area contributed by atoms with Gasteiger partial charge in [-0.25, -0.2) is 29.9 Å². The number of hydrogen-bond donors (Lipinski definition) is 0. The Balaban J connectivity index is 0.000000104. The van der Waals surface area contributed by atoms with Crippen molar-refractivity contribution in [2.75, 3.05) is 0 Å². The van der Waals surface area contributed by atoms with Crippen LogP contribution in [0.5, 0.6) is 0 Å². The molecule has 0 unspecified atom stereocenters. The van der Waals surface area contributed by atoms with Crippen LogP contribution in [0.15, 0.2) is 473 Å². The summed E-state index contributed by atoms with van der Waals surface area (Å²) in [6, 6.07) is 168. The molecular weight excluding hydrogens is 1650 g/mol. The molecule has 0 bridgehead atoms. The van der Waals surface area contributed by atoms with Gasteiger partial charge in [0.2, 0.25) is 11.9 Å². The maximum Gasteiger partial charge on any atom is 0.235 e. The highest BCUT2D eigenvalue weighted by molar-refractivity contribution is 6.32. The molecule has 22 aromatic carbocycles. The zero-order chi connectivity index (χ0) is 89.4. The van der Waals surface area contributed by atoms with Gasteiger partial charge in [-0.1, -0.05) is 370 Å². The van der Waals surface area contributed by atoms with Gasteiger partial charge < -0.3 is 9.13 Å². The van der Waals surface area contributed by atoms with Crippen molar-refractivity contribution in [2.24, 2.45) is 0 Å². The number of nitrogens with zero attached hydrogens (tertiary/aromatic N) is 10. The molecule has 0 amide bonds. The third-order valence-electron chi connectivity index (χ3n) is 27.5. The first kappa shape index (κ1) is 77.6. The molecule has 0 radical (unpaired) electrons. The third-order valence-corrected chi connectivity index (χ3v) is 27.5. The summed E-state index contributed by atoms with van der Waals surface area (Å²) in [6.07, 6.45) is 0. The summed E-state index contributed by atoms with van der Waals surface area (Å²) >= 11 is 0. The second-order valence-corrected chi connectivity index (χ2v) is 35.1. The van der Waals surface area contributed by atoms with Crippen molar-refractivity contribution in [3.63, 3.8) is 0 Å². The molecule has 632 valence electrons. The van der Waals surface area contributed by atoms with Gasteiger partial charge in [0.05, 0.1) is 77.8 Å². The lowest BCUT2D eigenvalue weighted by atomic mass is 10.00. The summed E-state index contributed by atoms with van der Waals surface area (Å²) in [6.45, 7) is 0. The minimum Gasteiger partial charge on any atom is -0.309 e. The van der Waals surface area contributed by atoms with Crippen LogP contribution >= 0.6 is 0 Å². The van der Waals surface area contributed by atoms with Gasteiger partial charge in [0.25, 0.3) is 0 Å². The van der Waals surface area contributed by atoms with E-state index < -0.39 is 0 Å². The van der Waals surface area contributed by atoms with Gasteiger partial charge in [-0.05, 0) is 179 Å². The van der Waals surface area contributed by atoms with E-state index in [0.29, 0.717) is 11.9 Å². The van der Waals surface area contributed by atoms with E-state index in [4.69, 9.17) is 29.9 Å². The van der Waals surface area contributed by atoms with Crippen molar-refractivity contribution in [3.05, 3.63) is 473 Å². The second-order valence-electron chi connectivity index (χ2n) is 35.1. The number of para-hydroxylation sites is 5.